The highest BCUT2D eigenvalue weighted by Gasteiger charge is 2.09. The Morgan fingerprint density at radius 3 is 2.89 bits per heavy atom. The molecule has 102 valence electrons. The van der Waals surface area contributed by atoms with Crippen LogP contribution in [0.3, 0.4) is 0 Å². The molecule has 0 aromatic carbocycles. The summed E-state index contributed by atoms with van der Waals surface area (Å²) in [5, 5.41) is 15.4. The van der Waals surface area contributed by atoms with Crippen molar-refractivity contribution in [1.29, 1.82) is 0 Å². The molecule has 19 heavy (non-hydrogen) atoms. The molecule has 1 aromatic rings. The van der Waals surface area contributed by atoms with Crippen LogP contribution in [-0.2, 0) is 4.79 Å². The molecular formula is C13H16N2O3S. The van der Waals surface area contributed by atoms with Crippen molar-refractivity contribution in [1.82, 2.24) is 10.6 Å². The first-order chi connectivity index (χ1) is 9.17. The topological polar surface area (TPSA) is 78.4 Å². The number of carbonyl (C=O) groups is 2. The average Bonchev–Trinajstić information content (AvgIpc) is 2.85. The minimum absolute atomic E-state index is 0.0261. The number of thiophene rings is 1. The van der Waals surface area contributed by atoms with Gasteiger partial charge in [-0.2, -0.15) is 0 Å². The SMILES string of the molecule is CCNC(=O)CNC(=O)c1csc(C#CCCO)c1. The van der Waals surface area contributed by atoms with Crippen molar-refractivity contribution >= 4 is 23.2 Å². The Balaban J connectivity index is 2.50. The van der Waals surface area contributed by atoms with E-state index in [4.69, 9.17) is 5.11 Å². The van der Waals surface area contributed by atoms with E-state index in [-0.39, 0.29) is 25.0 Å². The lowest BCUT2D eigenvalue weighted by Gasteiger charge is -2.03. The van der Waals surface area contributed by atoms with E-state index in [9.17, 15) is 9.59 Å². The van der Waals surface area contributed by atoms with Crippen LogP contribution in [0.25, 0.3) is 0 Å². The summed E-state index contributed by atoms with van der Waals surface area (Å²) in [6, 6.07) is 1.67. The lowest BCUT2D eigenvalue weighted by molar-refractivity contribution is -0.120. The standard InChI is InChI=1S/C13H16N2O3S/c1-2-14-12(17)8-15-13(18)10-7-11(19-9-10)5-3-4-6-16/h7,9,16H,2,4,6,8H2,1H3,(H,14,17)(H,15,18). The normalized spacial score (nSPS) is 9.37. The van der Waals surface area contributed by atoms with Crippen LogP contribution in [0.1, 0.15) is 28.6 Å². The zero-order chi connectivity index (χ0) is 14.1. The monoisotopic (exact) mass is 280 g/mol. The Bertz CT molecular complexity index is 499. The molecule has 0 saturated heterocycles. The maximum Gasteiger partial charge on any atom is 0.252 e. The van der Waals surface area contributed by atoms with Gasteiger partial charge in [-0.15, -0.1) is 11.3 Å². The molecule has 0 saturated carbocycles. The van der Waals surface area contributed by atoms with Gasteiger partial charge in [0.05, 0.1) is 23.6 Å². The molecule has 0 fully saturated rings. The predicted octanol–water partition coefficient (Wildman–Crippen LogP) is 0.348. The van der Waals surface area contributed by atoms with Crippen molar-refractivity contribution in [3.8, 4) is 11.8 Å². The highest BCUT2D eigenvalue weighted by atomic mass is 32.1. The fourth-order valence-electron chi connectivity index (χ4n) is 1.25. The van der Waals surface area contributed by atoms with Gasteiger partial charge < -0.3 is 15.7 Å². The molecule has 0 aliphatic carbocycles. The Hall–Kier alpha value is -1.84. The maximum atomic E-state index is 11.7. The second-order valence-electron chi connectivity index (χ2n) is 3.61. The van der Waals surface area contributed by atoms with E-state index in [1.807, 2.05) is 6.92 Å². The summed E-state index contributed by atoms with van der Waals surface area (Å²) in [5.74, 6) is 5.13. The number of hydrogen-bond donors (Lipinski definition) is 3. The van der Waals surface area contributed by atoms with Crippen LogP contribution in [0.5, 0.6) is 0 Å². The summed E-state index contributed by atoms with van der Waals surface area (Å²) in [6.07, 6.45) is 0.413. The van der Waals surface area contributed by atoms with E-state index < -0.39 is 0 Å². The first-order valence-corrected chi connectivity index (χ1v) is 6.78. The molecule has 1 rings (SSSR count). The van der Waals surface area contributed by atoms with Crippen molar-refractivity contribution < 1.29 is 14.7 Å². The van der Waals surface area contributed by atoms with Crippen LogP contribution in [0.2, 0.25) is 0 Å². The third kappa shape index (κ3) is 5.55. The van der Waals surface area contributed by atoms with Crippen LogP contribution < -0.4 is 10.6 Å². The van der Waals surface area contributed by atoms with E-state index in [0.29, 0.717) is 18.5 Å². The van der Waals surface area contributed by atoms with Crippen LogP contribution in [0, 0.1) is 11.8 Å². The average molecular weight is 280 g/mol. The van der Waals surface area contributed by atoms with E-state index in [1.54, 1.807) is 11.4 Å². The van der Waals surface area contributed by atoms with Crippen LogP contribution >= 0.6 is 11.3 Å². The molecule has 0 radical (unpaired) electrons. The highest BCUT2D eigenvalue weighted by molar-refractivity contribution is 7.10. The number of aliphatic hydroxyl groups excluding tert-OH is 1. The number of amides is 2. The molecule has 6 heteroatoms. The van der Waals surface area contributed by atoms with Gasteiger partial charge in [0.15, 0.2) is 0 Å². The van der Waals surface area contributed by atoms with Gasteiger partial charge in [-0.3, -0.25) is 9.59 Å². The summed E-state index contributed by atoms with van der Waals surface area (Å²) in [4.78, 5) is 23.7. The second-order valence-corrected chi connectivity index (χ2v) is 4.52. The van der Waals surface area contributed by atoms with Gasteiger partial charge in [-0.05, 0) is 13.0 Å². The molecular weight excluding hydrogens is 264 g/mol. The number of aliphatic hydroxyl groups is 1. The van der Waals surface area contributed by atoms with Gasteiger partial charge in [-0.1, -0.05) is 11.8 Å². The van der Waals surface area contributed by atoms with Gasteiger partial charge in [0.2, 0.25) is 5.91 Å². The van der Waals surface area contributed by atoms with Crippen LogP contribution in [-0.4, -0.2) is 36.6 Å². The van der Waals surface area contributed by atoms with Crippen molar-refractivity contribution in [3.05, 3.63) is 21.9 Å². The van der Waals surface area contributed by atoms with E-state index >= 15 is 0 Å². The predicted molar refractivity (Wildman–Crippen MR) is 73.9 cm³/mol. The Morgan fingerprint density at radius 2 is 2.21 bits per heavy atom. The van der Waals surface area contributed by atoms with E-state index in [1.165, 1.54) is 11.3 Å². The fraction of sp³-hybridized carbons (Fsp3) is 0.385. The minimum atomic E-state index is -0.294. The number of hydrogen-bond acceptors (Lipinski definition) is 4. The zero-order valence-corrected chi connectivity index (χ0v) is 11.5. The molecule has 2 amide bonds. The highest BCUT2D eigenvalue weighted by Crippen LogP contribution is 2.13. The number of rotatable bonds is 5. The maximum absolute atomic E-state index is 11.7. The number of carbonyl (C=O) groups excluding carboxylic acids is 2. The minimum Gasteiger partial charge on any atom is -0.395 e. The first-order valence-electron chi connectivity index (χ1n) is 5.90. The summed E-state index contributed by atoms with van der Waals surface area (Å²) >= 11 is 1.36. The molecule has 0 aliphatic heterocycles. The first kappa shape index (κ1) is 15.2. The van der Waals surface area contributed by atoms with Crippen LogP contribution in [0.4, 0.5) is 0 Å². The quantitative estimate of drug-likeness (QED) is 0.681. The lowest BCUT2D eigenvalue weighted by Crippen LogP contribution is -2.36. The third-order valence-corrected chi connectivity index (χ3v) is 2.94. The van der Waals surface area contributed by atoms with Gasteiger partial charge in [-0.25, -0.2) is 0 Å². The van der Waals surface area contributed by atoms with Gasteiger partial charge >= 0.3 is 0 Å². The number of likely N-dealkylation sites (N-methyl/N-ethyl adjacent to an activating group) is 1. The van der Waals surface area contributed by atoms with Crippen molar-refractivity contribution in [2.24, 2.45) is 0 Å². The van der Waals surface area contributed by atoms with Crippen LogP contribution in [0.15, 0.2) is 11.4 Å². The summed E-state index contributed by atoms with van der Waals surface area (Å²) in [5.41, 5.74) is 0.489. The largest absolute Gasteiger partial charge is 0.395 e. The van der Waals surface area contributed by atoms with Gasteiger partial charge in [0.1, 0.15) is 0 Å². The third-order valence-electron chi connectivity index (χ3n) is 2.09. The molecule has 0 spiro atoms. The van der Waals surface area contributed by atoms with Crippen molar-refractivity contribution in [3.63, 3.8) is 0 Å². The van der Waals surface area contributed by atoms with Gasteiger partial charge in [0, 0.05) is 18.3 Å². The fourth-order valence-corrected chi connectivity index (χ4v) is 2.00. The zero-order valence-electron chi connectivity index (χ0n) is 10.7. The smallest absolute Gasteiger partial charge is 0.252 e. The Kier molecular flexibility index (Phi) is 6.64. The molecule has 0 unspecified atom stereocenters. The molecule has 1 aromatic heterocycles. The molecule has 5 nitrogen and oxygen atoms in total. The second kappa shape index (κ2) is 8.29. The van der Waals surface area contributed by atoms with Gasteiger partial charge in [0.25, 0.3) is 5.91 Å². The lowest BCUT2D eigenvalue weighted by atomic mass is 10.3. The van der Waals surface area contributed by atoms with Crippen molar-refractivity contribution in [2.75, 3.05) is 19.7 Å². The van der Waals surface area contributed by atoms with E-state index in [2.05, 4.69) is 22.5 Å². The summed E-state index contributed by atoms with van der Waals surface area (Å²) < 4.78 is 0. The summed E-state index contributed by atoms with van der Waals surface area (Å²) in [7, 11) is 0. The molecule has 3 N–H and O–H groups in total. The molecule has 0 aliphatic rings. The molecule has 0 bridgehead atoms. The number of nitrogens with one attached hydrogen (secondary N) is 2. The Labute approximate surface area is 116 Å². The molecule has 0 atom stereocenters. The Morgan fingerprint density at radius 1 is 1.42 bits per heavy atom. The van der Waals surface area contributed by atoms with Crippen molar-refractivity contribution in [2.45, 2.75) is 13.3 Å². The summed E-state index contributed by atoms with van der Waals surface area (Å²) in [6.45, 7) is 2.35. The molecule has 1 heterocycles. The van der Waals surface area contributed by atoms with E-state index in [0.717, 1.165) is 4.88 Å².